The first-order chi connectivity index (χ1) is 17.1. The Balaban J connectivity index is 1.59. The molecule has 0 spiro atoms. The van der Waals surface area contributed by atoms with E-state index >= 15 is 0 Å². The van der Waals surface area contributed by atoms with Crippen molar-refractivity contribution in [3.63, 3.8) is 0 Å². The predicted octanol–water partition coefficient (Wildman–Crippen LogP) is 4.82. The van der Waals surface area contributed by atoms with Gasteiger partial charge >= 0.3 is 0 Å². The third-order valence-corrected chi connectivity index (χ3v) is 6.30. The molecule has 0 fully saturated rings. The van der Waals surface area contributed by atoms with Gasteiger partial charge in [0.1, 0.15) is 17.4 Å². The van der Waals surface area contributed by atoms with Crippen molar-refractivity contribution in [2.45, 2.75) is 32.6 Å². The Labute approximate surface area is 214 Å². The number of nitrogens with one attached hydrogen (secondary N) is 1. The van der Waals surface area contributed by atoms with Gasteiger partial charge in [0, 0.05) is 29.1 Å². The number of hydrogen-bond acceptors (Lipinski definition) is 7. The van der Waals surface area contributed by atoms with E-state index in [0.29, 0.717) is 51.9 Å². The zero-order chi connectivity index (χ0) is 26.0. The van der Waals surface area contributed by atoms with Gasteiger partial charge in [0.2, 0.25) is 5.88 Å². The molecular weight excluding hydrogens is 482 g/mol. The number of amides is 1. The first-order valence-electron chi connectivity index (χ1n) is 11.3. The monoisotopic (exact) mass is 507 g/mol. The summed E-state index contributed by atoms with van der Waals surface area (Å²) in [6, 6.07) is 13.9. The molecule has 0 saturated carbocycles. The van der Waals surface area contributed by atoms with Crippen LogP contribution in [0.25, 0.3) is 0 Å². The van der Waals surface area contributed by atoms with Crippen molar-refractivity contribution in [1.29, 1.82) is 5.26 Å². The van der Waals surface area contributed by atoms with Crippen LogP contribution in [0.15, 0.2) is 65.3 Å². The van der Waals surface area contributed by atoms with Crippen molar-refractivity contribution in [1.82, 2.24) is 0 Å². The van der Waals surface area contributed by atoms with Gasteiger partial charge in [-0.15, -0.1) is 0 Å². The molecule has 8 nitrogen and oxygen atoms in total. The Morgan fingerprint density at radius 1 is 1.25 bits per heavy atom. The fraction of sp³-hybridized carbons (Fsp3) is 0.296. The highest BCUT2D eigenvalue weighted by molar-refractivity contribution is 6.30. The topological polar surface area (TPSA) is 124 Å². The maximum atomic E-state index is 13.1. The number of carbonyl (C=O) groups excluding carboxylic acids is 2. The van der Waals surface area contributed by atoms with Crippen LogP contribution in [0.1, 0.15) is 38.2 Å². The van der Waals surface area contributed by atoms with Gasteiger partial charge < -0.3 is 25.3 Å². The summed E-state index contributed by atoms with van der Waals surface area (Å²) < 4.78 is 16.9. The third kappa shape index (κ3) is 5.16. The molecule has 1 heterocycles. The first kappa shape index (κ1) is 25.1. The second kappa shape index (κ2) is 9.96. The maximum absolute atomic E-state index is 13.1. The molecule has 1 unspecified atom stereocenters. The van der Waals surface area contributed by atoms with Crippen molar-refractivity contribution in [3.05, 3.63) is 75.8 Å². The van der Waals surface area contributed by atoms with Gasteiger partial charge in [-0.05, 0) is 41.3 Å². The molecule has 9 heteroatoms. The molecule has 2 aromatic carbocycles. The number of ketones is 1. The molecule has 0 bridgehead atoms. The largest absolute Gasteiger partial charge is 0.493 e. The van der Waals surface area contributed by atoms with E-state index in [1.165, 1.54) is 7.11 Å². The second-order valence-electron chi connectivity index (χ2n) is 9.46. The highest BCUT2D eigenvalue weighted by Crippen LogP contribution is 2.48. The van der Waals surface area contributed by atoms with Gasteiger partial charge in [0.05, 0.1) is 13.0 Å². The quantitative estimate of drug-likeness (QED) is 0.574. The smallest absolute Gasteiger partial charge is 0.262 e. The van der Waals surface area contributed by atoms with Crippen LogP contribution in [0, 0.1) is 16.7 Å². The number of Topliss-reactive ketones (excluding diaryl/α,β-unsaturated/α-hetero) is 1. The molecule has 1 atom stereocenters. The predicted molar refractivity (Wildman–Crippen MR) is 134 cm³/mol. The van der Waals surface area contributed by atoms with E-state index in [0.717, 1.165) is 0 Å². The molecule has 36 heavy (non-hydrogen) atoms. The summed E-state index contributed by atoms with van der Waals surface area (Å²) in [4.78, 5) is 25.5. The van der Waals surface area contributed by atoms with Crippen LogP contribution in [0.3, 0.4) is 0 Å². The van der Waals surface area contributed by atoms with Crippen molar-refractivity contribution < 1.29 is 23.8 Å². The van der Waals surface area contributed by atoms with Crippen molar-refractivity contribution in [3.8, 4) is 17.6 Å². The number of ether oxygens (including phenoxy) is 3. The summed E-state index contributed by atoms with van der Waals surface area (Å²) in [7, 11) is 1.47. The summed E-state index contributed by atoms with van der Waals surface area (Å²) in [6.07, 6.45) is 0.869. The van der Waals surface area contributed by atoms with Gasteiger partial charge in [0.25, 0.3) is 5.91 Å². The lowest BCUT2D eigenvalue weighted by Crippen LogP contribution is -2.33. The molecular formula is C27H26ClN3O5. The SMILES string of the molecule is COc1cc(C2C(C#N)=C(N)OC3=C2C(=O)CC(C)(C)C3)ccc1OCC(=O)Nc1cccc(Cl)c1. The Hall–Kier alpha value is -3.96. The van der Waals surface area contributed by atoms with Crippen LogP contribution < -0.4 is 20.5 Å². The highest BCUT2D eigenvalue weighted by atomic mass is 35.5. The molecule has 4 rings (SSSR count). The minimum atomic E-state index is -0.684. The lowest BCUT2D eigenvalue weighted by Gasteiger charge is -2.37. The number of carbonyl (C=O) groups is 2. The molecule has 186 valence electrons. The van der Waals surface area contributed by atoms with Crippen molar-refractivity contribution >= 4 is 29.0 Å². The summed E-state index contributed by atoms with van der Waals surface area (Å²) >= 11 is 5.95. The molecule has 1 aliphatic heterocycles. The summed E-state index contributed by atoms with van der Waals surface area (Å²) in [5.41, 5.74) is 7.61. The molecule has 2 aliphatic rings. The van der Waals surface area contributed by atoms with Gasteiger partial charge in [-0.3, -0.25) is 9.59 Å². The first-order valence-corrected chi connectivity index (χ1v) is 11.7. The molecule has 0 saturated heterocycles. The van der Waals surface area contributed by atoms with Gasteiger partial charge in [-0.2, -0.15) is 5.26 Å². The third-order valence-electron chi connectivity index (χ3n) is 6.06. The number of methoxy groups -OCH3 is 1. The minimum Gasteiger partial charge on any atom is -0.493 e. The number of allylic oxidation sites excluding steroid dienone is 3. The number of nitriles is 1. The minimum absolute atomic E-state index is 0.0104. The molecule has 1 amide bonds. The Morgan fingerprint density at radius 2 is 2.03 bits per heavy atom. The lowest BCUT2D eigenvalue weighted by atomic mass is 9.70. The Morgan fingerprint density at radius 3 is 2.72 bits per heavy atom. The lowest BCUT2D eigenvalue weighted by molar-refractivity contribution is -0.119. The van der Waals surface area contributed by atoms with Gasteiger partial charge in [-0.25, -0.2) is 0 Å². The average molecular weight is 508 g/mol. The molecule has 1 aliphatic carbocycles. The van der Waals surface area contributed by atoms with E-state index in [-0.39, 0.29) is 35.2 Å². The highest BCUT2D eigenvalue weighted by Gasteiger charge is 2.43. The molecule has 0 aromatic heterocycles. The number of halogens is 1. The number of nitrogens with zero attached hydrogens (tertiary/aromatic N) is 1. The molecule has 2 aromatic rings. The fourth-order valence-electron chi connectivity index (χ4n) is 4.51. The van der Waals surface area contributed by atoms with Crippen LogP contribution in [0.5, 0.6) is 11.5 Å². The van der Waals surface area contributed by atoms with Crippen LogP contribution in [0.4, 0.5) is 5.69 Å². The summed E-state index contributed by atoms with van der Waals surface area (Å²) in [5, 5.41) is 13.0. The van der Waals surface area contributed by atoms with Crippen LogP contribution >= 0.6 is 11.6 Å². The second-order valence-corrected chi connectivity index (χ2v) is 9.90. The Kier molecular flexibility index (Phi) is 6.95. The van der Waals surface area contributed by atoms with Crippen LogP contribution in [-0.4, -0.2) is 25.4 Å². The van der Waals surface area contributed by atoms with E-state index < -0.39 is 5.92 Å². The fourth-order valence-corrected chi connectivity index (χ4v) is 4.70. The standard InChI is InChI=1S/C27H26ClN3O5/c1-27(2)11-19(32)25-22(12-27)36-26(30)18(13-29)24(25)15-7-8-20(21(9-15)34-3)35-14-23(33)31-17-6-4-5-16(28)10-17/h4-10,24H,11-12,14,30H2,1-3H3,(H,31,33). The molecule has 3 N–H and O–H groups in total. The van der Waals surface area contributed by atoms with Gasteiger partial charge in [0.15, 0.2) is 23.9 Å². The zero-order valence-corrected chi connectivity index (χ0v) is 20.9. The maximum Gasteiger partial charge on any atom is 0.262 e. The number of hydrogen-bond donors (Lipinski definition) is 2. The summed E-state index contributed by atoms with van der Waals surface area (Å²) in [5.74, 6) is 0.0188. The van der Waals surface area contributed by atoms with Crippen molar-refractivity contribution in [2.75, 3.05) is 19.0 Å². The van der Waals surface area contributed by atoms with Crippen LogP contribution in [0.2, 0.25) is 5.02 Å². The van der Waals surface area contributed by atoms with Gasteiger partial charge in [-0.1, -0.05) is 37.6 Å². The van der Waals surface area contributed by atoms with E-state index in [4.69, 9.17) is 31.5 Å². The summed E-state index contributed by atoms with van der Waals surface area (Å²) in [6.45, 7) is 3.72. The number of rotatable bonds is 6. The van der Waals surface area contributed by atoms with Crippen molar-refractivity contribution in [2.24, 2.45) is 11.1 Å². The number of anilines is 1. The van der Waals surface area contributed by atoms with E-state index in [1.54, 1.807) is 42.5 Å². The van der Waals surface area contributed by atoms with E-state index in [9.17, 15) is 14.9 Å². The average Bonchev–Trinajstić information content (AvgIpc) is 2.81. The van der Waals surface area contributed by atoms with Crippen LogP contribution in [-0.2, 0) is 14.3 Å². The Bertz CT molecular complexity index is 1340. The number of nitrogens with two attached hydrogens (primary N) is 1. The number of benzene rings is 2. The molecule has 0 radical (unpaired) electrons. The van der Waals surface area contributed by atoms with E-state index in [1.807, 2.05) is 13.8 Å². The normalized spacial score (nSPS) is 18.6. The van der Waals surface area contributed by atoms with E-state index in [2.05, 4.69) is 11.4 Å². The zero-order valence-electron chi connectivity index (χ0n) is 20.2.